The van der Waals surface area contributed by atoms with Crippen LogP contribution in [0.15, 0.2) is 24.5 Å². The Balaban J connectivity index is 2.39. The highest BCUT2D eigenvalue weighted by molar-refractivity contribution is 5.87. The molecule has 2 aromatic rings. The lowest BCUT2D eigenvalue weighted by molar-refractivity contribution is 0.0520. The van der Waals surface area contributed by atoms with Crippen LogP contribution in [-0.2, 0) is 11.3 Å². The Morgan fingerprint density at radius 3 is 3.12 bits per heavy atom. The number of carbonyl (C=O) groups is 1. The fourth-order valence-corrected chi connectivity index (χ4v) is 1.43. The number of aliphatic hydroxyl groups is 1. The number of fused-ring (bicyclic) bond motifs is 1. The molecule has 5 nitrogen and oxygen atoms in total. The second-order valence-electron chi connectivity index (χ2n) is 3.31. The number of rotatable bonds is 3. The van der Waals surface area contributed by atoms with Gasteiger partial charge in [0.2, 0.25) is 0 Å². The highest BCUT2D eigenvalue weighted by Gasteiger charge is 2.11. The van der Waals surface area contributed by atoms with Gasteiger partial charge in [0.1, 0.15) is 5.65 Å². The molecule has 0 aliphatic rings. The van der Waals surface area contributed by atoms with Gasteiger partial charge in [0.05, 0.1) is 13.2 Å². The molecule has 0 saturated heterocycles. The van der Waals surface area contributed by atoms with Gasteiger partial charge in [-0.25, -0.2) is 9.78 Å². The highest BCUT2D eigenvalue weighted by Crippen LogP contribution is 2.09. The third-order valence-corrected chi connectivity index (χ3v) is 2.19. The minimum absolute atomic E-state index is 0.0436. The molecule has 0 aromatic carbocycles. The van der Waals surface area contributed by atoms with Crippen molar-refractivity contribution in [1.82, 2.24) is 9.38 Å². The Morgan fingerprint density at radius 2 is 2.44 bits per heavy atom. The number of nitrogens with zero attached hydrogens (tertiary/aromatic N) is 2. The van der Waals surface area contributed by atoms with Crippen molar-refractivity contribution in [3.8, 4) is 0 Å². The molecule has 2 rings (SSSR count). The van der Waals surface area contributed by atoms with Crippen LogP contribution in [0.3, 0.4) is 0 Å². The topological polar surface area (TPSA) is 63.8 Å². The summed E-state index contributed by atoms with van der Waals surface area (Å²) >= 11 is 0. The van der Waals surface area contributed by atoms with Crippen molar-refractivity contribution >= 4 is 11.6 Å². The zero-order valence-corrected chi connectivity index (χ0v) is 8.88. The van der Waals surface area contributed by atoms with Crippen molar-refractivity contribution in [2.45, 2.75) is 13.5 Å². The normalized spacial score (nSPS) is 10.6. The number of hydrogen-bond acceptors (Lipinski definition) is 4. The molecule has 0 aliphatic carbocycles. The summed E-state index contributed by atoms with van der Waals surface area (Å²) in [5.41, 5.74) is 1.65. The molecule has 0 radical (unpaired) electrons. The molecule has 0 fully saturated rings. The molecule has 0 atom stereocenters. The highest BCUT2D eigenvalue weighted by atomic mass is 16.5. The van der Waals surface area contributed by atoms with Crippen molar-refractivity contribution in [2.75, 3.05) is 6.61 Å². The van der Waals surface area contributed by atoms with Crippen molar-refractivity contribution in [1.29, 1.82) is 0 Å². The maximum Gasteiger partial charge on any atom is 0.358 e. The predicted molar refractivity (Wildman–Crippen MR) is 57.1 cm³/mol. The van der Waals surface area contributed by atoms with Crippen LogP contribution in [0.2, 0.25) is 0 Å². The van der Waals surface area contributed by atoms with Gasteiger partial charge in [0, 0.05) is 12.4 Å². The van der Waals surface area contributed by atoms with E-state index in [0.29, 0.717) is 12.3 Å². The van der Waals surface area contributed by atoms with E-state index < -0.39 is 5.97 Å². The summed E-state index contributed by atoms with van der Waals surface area (Å²) in [6.07, 6.45) is 3.35. The van der Waals surface area contributed by atoms with E-state index in [9.17, 15) is 4.79 Å². The number of carbonyl (C=O) groups excluding carboxylic acids is 1. The van der Waals surface area contributed by atoms with Crippen molar-refractivity contribution < 1.29 is 14.6 Å². The molecule has 2 aromatic heterocycles. The van der Waals surface area contributed by atoms with Gasteiger partial charge >= 0.3 is 5.97 Å². The van der Waals surface area contributed by atoms with Gasteiger partial charge in [0.15, 0.2) is 5.69 Å². The SMILES string of the molecule is CCOC(=O)c1cn2ccc(CO)cc2n1. The lowest BCUT2D eigenvalue weighted by Crippen LogP contribution is -2.04. The summed E-state index contributed by atoms with van der Waals surface area (Å²) in [6, 6.07) is 3.49. The smallest absolute Gasteiger partial charge is 0.358 e. The summed E-state index contributed by atoms with van der Waals surface area (Å²) in [6.45, 7) is 2.03. The van der Waals surface area contributed by atoms with E-state index in [1.165, 1.54) is 0 Å². The number of pyridine rings is 1. The van der Waals surface area contributed by atoms with Crippen LogP contribution in [-0.4, -0.2) is 27.1 Å². The first-order valence-electron chi connectivity index (χ1n) is 5.00. The molecule has 0 unspecified atom stereocenters. The molecule has 0 saturated carbocycles. The third kappa shape index (κ3) is 1.90. The van der Waals surface area contributed by atoms with Crippen LogP contribution in [0.25, 0.3) is 5.65 Å². The average Bonchev–Trinajstić information content (AvgIpc) is 2.71. The Kier molecular flexibility index (Phi) is 2.87. The molecule has 84 valence electrons. The zero-order valence-electron chi connectivity index (χ0n) is 8.88. The van der Waals surface area contributed by atoms with E-state index in [0.717, 1.165) is 5.56 Å². The summed E-state index contributed by atoms with van der Waals surface area (Å²) in [7, 11) is 0. The van der Waals surface area contributed by atoms with E-state index in [1.807, 2.05) is 0 Å². The minimum Gasteiger partial charge on any atom is -0.461 e. The van der Waals surface area contributed by atoms with Crippen LogP contribution < -0.4 is 0 Å². The molecule has 0 bridgehead atoms. The number of ether oxygens (including phenoxy) is 1. The van der Waals surface area contributed by atoms with Gasteiger partial charge in [-0.3, -0.25) is 0 Å². The maximum absolute atomic E-state index is 11.4. The number of aliphatic hydroxyl groups excluding tert-OH is 1. The van der Waals surface area contributed by atoms with E-state index in [4.69, 9.17) is 9.84 Å². The van der Waals surface area contributed by atoms with Gasteiger partial charge < -0.3 is 14.2 Å². The number of esters is 1. The summed E-state index contributed by atoms with van der Waals surface area (Å²) in [5.74, 6) is -0.434. The fraction of sp³-hybridized carbons (Fsp3) is 0.273. The van der Waals surface area contributed by atoms with Crippen LogP contribution in [0.1, 0.15) is 23.0 Å². The van der Waals surface area contributed by atoms with E-state index >= 15 is 0 Å². The summed E-state index contributed by atoms with van der Waals surface area (Å²) in [5, 5.41) is 8.97. The Hall–Kier alpha value is -1.88. The van der Waals surface area contributed by atoms with E-state index in [1.54, 1.807) is 35.9 Å². The maximum atomic E-state index is 11.4. The Bertz CT molecular complexity index is 519. The lowest BCUT2D eigenvalue weighted by Gasteiger charge is -1.95. The third-order valence-electron chi connectivity index (χ3n) is 2.19. The predicted octanol–water partition coefficient (Wildman–Crippen LogP) is 1.00. The average molecular weight is 220 g/mol. The largest absolute Gasteiger partial charge is 0.461 e. The standard InChI is InChI=1S/C11H12N2O3/c1-2-16-11(15)9-6-13-4-3-8(7-14)5-10(13)12-9/h3-6,14H,2,7H2,1H3. The molecule has 1 N–H and O–H groups in total. The fourth-order valence-electron chi connectivity index (χ4n) is 1.43. The summed E-state index contributed by atoms with van der Waals surface area (Å²) < 4.78 is 6.56. The molecule has 0 amide bonds. The Morgan fingerprint density at radius 1 is 1.62 bits per heavy atom. The molecule has 0 aliphatic heterocycles. The van der Waals surface area contributed by atoms with Crippen LogP contribution in [0.5, 0.6) is 0 Å². The molecule has 16 heavy (non-hydrogen) atoms. The number of imidazole rings is 1. The lowest BCUT2D eigenvalue weighted by atomic mass is 10.3. The van der Waals surface area contributed by atoms with Crippen molar-refractivity contribution in [3.63, 3.8) is 0 Å². The van der Waals surface area contributed by atoms with Crippen LogP contribution in [0, 0.1) is 0 Å². The first-order chi connectivity index (χ1) is 7.74. The van der Waals surface area contributed by atoms with Gasteiger partial charge in [-0.1, -0.05) is 0 Å². The van der Waals surface area contributed by atoms with Crippen molar-refractivity contribution in [2.24, 2.45) is 0 Å². The minimum atomic E-state index is -0.434. The zero-order chi connectivity index (χ0) is 11.5. The van der Waals surface area contributed by atoms with Gasteiger partial charge in [0.25, 0.3) is 0 Å². The second kappa shape index (κ2) is 4.32. The van der Waals surface area contributed by atoms with Crippen molar-refractivity contribution in [3.05, 3.63) is 35.8 Å². The van der Waals surface area contributed by atoms with E-state index in [-0.39, 0.29) is 12.3 Å². The van der Waals surface area contributed by atoms with Gasteiger partial charge in [-0.05, 0) is 24.6 Å². The number of hydrogen-bond donors (Lipinski definition) is 1. The molecular weight excluding hydrogens is 208 g/mol. The first kappa shape index (κ1) is 10.6. The van der Waals surface area contributed by atoms with E-state index in [2.05, 4.69) is 4.98 Å². The van der Waals surface area contributed by atoms with Crippen LogP contribution >= 0.6 is 0 Å². The second-order valence-corrected chi connectivity index (χ2v) is 3.31. The van der Waals surface area contributed by atoms with Gasteiger partial charge in [-0.2, -0.15) is 0 Å². The monoisotopic (exact) mass is 220 g/mol. The molecule has 0 spiro atoms. The first-order valence-corrected chi connectivity index (χ1v) is 5.00. The summed E-state index contributed by atoms with van der Waals surface area (Å²) in [4.78, 5) is 15.5. The van der Waals surface area contributed by atoms with Crippen LogP contribution in [0.4, 0.5) is 0 Å². The quantitative estimate of drug-likeness (QED) is 0.784. The number of aromatic nitrogens is 2. The molecular formula is C11H12N2O3. The Labute approximate surface area is 92.3 Å². The molecule has 2 heterocycles. The van der Waals surface area contributed by atoms with Gasteiger partial charge in [-0.15, -0.1) is 0 Å². The molecule has 5 heteroatoms.